The smallest absolute Gasteiger partial charge is 0.417 e. The second kappa shape index (κ2) is 9.12. The molecule has 0 saturated heterocycles. The molecule has 0 aliphatic carbocycles. The number of H-pyrrole nitrogens is 1. The summed E-state index contributed by atoms with van der Waals surface area (Å²) in [6, 6.07) is 4.45. The Kier molecular flexibility index (Phi) is 6.69. The molecule has 12 heteroatoms. The van der Waals surface area contributed by atoms with Crippen molar-refractivity contribution in [2.24, 2.45) is 0 Å². The van der Waals surface area contributed by atoms with Gasteiger partial charge in [-0.25, -0.2) is 0 Å². The Morgan fingerprint density at radius 2 is 1.88 bits per heavy atom. The molecule has 172 valence electrons. The van der Waals surface area contributed by atoms with E-state index in [2.05, 4.69) is 10.3 Å². The standard InChI is InChI=1S/C20H19F3N2O7/c21-20(22,23)16-10-4-3-9(24-12(7-26)17(29)18(30)13(28)8-27)6-11(10)25-19(31)15(16)14-2-1-5-32-14/h1-7,12-13,17-18,24,27-30H,8H2,(H,25,31)/t12-,13+,17+,18+/m0/s1. The van der Waals surface area contributed by atoms with E-state index >= 15 is 0 Å². The highest BCUT2D eigenvalue weighted by atomic mass is 19.4. The first kappa shape index (κ1) is 23.5. The molecule has 2 heterocycles. The van der Waals surface area contributed by atoms with Crippen LogP contribution >= 0.6 is 0 Å². The van der Waals surface area contributed by atoms with Crippen molar-refractivity contribution in [3.63, 3.8) is 0 Å². The SMILES string of the molecule is O=C[C@H](Nc1ccc2c(C(F)(F)F)c(-c3ccco3)c(=O)[nH]c2c1)[C@@H](O)[C@H](O)[C@H](O)CO. The summed E-state index contributed by atoms with van der Waals surface area (Å²) in [7, 11) is 0. The highest BCUT2D eigenvalue weighted by Gasteiger charge is 2.38. The van der Waals surface area contributed by atoms with Crippen LogP contribution in [0, 0.1) is 0 Å². The number of alkyl halides is 3. The summed E-state index contributed by atoms with van der Waals surface area (Å²) in [5.41, 5.74) is -3.11. The molecule has 3 aromatic rings. The molecule has 9 nitrogen and oxygen atoms in total. The highest BCUT2D eigenvalue weighted by molar-refractivity contribution is 5.90. The number of aromatic nitrogens is 1. The summed E-state index contributed by atoms with van der Waals surface area (Å²) in [5.74, 6) is -0.261. The molecule has 32 heavy (non-hydrogen) atoms. The fraction of sp³-hybridized carbons (Fsp3) is 0.300. The van der Waals surface area contributed by atoms with Crippen molar-refractivity contribution in [2.45, 2.75) is 30.5 Å². The molecular weight excluding hydrogens is 437 g/mol. The van der Waals surface area contributed by atoms with Crippen LogP contribution in [0.25, 0.3) is 22.2 Å². The third-order valence-electron chi connectivity index (χ3n) is 4.84. The maximum Gasteiger partial charge on any atom is 0.417 e. The molecule has 0 radical (unpaired) electrons. The van der Waals surface area contributed by atoms with Crippen molar-refractivity contribution in [2.75, 3.05) is 11.9 Å². The lowest BCUT2D eigenvalue weighted by molar-refractivity contribution is -0.136. The van der Waals surface area contributed by atoms with Crippen LogP contribution in [-0.2, 0) is 11.0 Å². The third kappa shape index (κ3) is 4.53. The number of rotatable bonds is 8. The van der Waals surface area contributed by atoms with E-state index in [9.17, 15) is 38.1 Å². The zero-order valence-electron chi connectivity index (χ0n) is 16.2. The molecule has 3 rings (SSSR count). The largest absolute Gasteiger partial charge is 0.464 e. The Hall–Kier alpha value is -3.19. The van der Waals surface area contributed by atoms with E-state index in [1.165, 1.54) is 18.2 Å². The molecule has 0 spiro atoms. The van der Waals surface area contributed by atoms with Crippen molar-refractivity contribution in [3.8, 4) is 11.3 Å². The van der Waals surface area contributed by atoms with Gasteiger partial charge in [-0.2, -0.15) is 13.2 Å². The molecule has 4 atom stereocenters. The van der Waals surface area contributed by atoms with Crippen LogP contribution in [-0.4, -0.2) is 62.7 Å². The van der Waals surface area contributed by atoms with Crippen LogP contribution in [0.4, 0.5) is 18.9 Å². The normalized spacial score (nSPS) is 15.8. The second-order valence-electron chi connectivity index (χ2n) is 6.98. The van der Waals surface area contributed by atoms with E-state index in [1.54, 1.807) is 0 Å². The van der Waals surface area contributed by atoms with Gasteiger partial charge < -0.3 is 39.9 Å². The minimum absolute atomic E-state index is 0.0360. The molecule has 1 aromatic carbocycles. The fourth-order valence-electron chi connectivity index (χ4n) is 3.28. The molecule has 0 unspecified atom stereocenters. The third-order valence-corrected chi connectivity index (χ3v) is 4.84. The number of aldehydes is 1. The van der Waals surface area contributed by atoms with Crippen molar-refractivity contribution >= 4 is 22.9 Å². The highest BCUT2D eigenvalue weighted by Crippen LogP contribution is 2.40. The van der Waals surface area contributed by atoms with Crippen LogP contribution in [0.5, 0.6) is 0 Å². The molecular formula is C20H19F3N2O7. The predicted octanol–water partition coefficient (Wildman–Crippen LogP) is 0.861. The quantitative estimate of drug-likeness (QED) is 0.273. The number of anilines is 1. The summed E-state index contributed by atoms with van der Waals surface area (Å²) in [6.07, 6.45) is -9.00. The molecule has 0 fully saturated rings. The van der Waals surface area contributed by atoms with E-state index < -0.39 is 53.8 Å². The lowest BCUT2D eigenvalue weighted by Gasteiger charge is -2.27. The number of furan rings is 1. The number of benzene rings is 1. The first-order valence-corrected chi connectivity index (χ1v) is 9.26. The molecule has 2 aromatic heterocycles. The number of nitrogens with one attached hydrogen (secondary N) is 2. The zero-order chi connectivity index (χ0) is 23.6. The van der Waals surface area contributed by atoms with Gasteiger partial charge in [-0.15, -0.1) is 0 Å². The Balaban J connectivity index is 2.05. The van der Waals surface area contributed by atoms with Crippen molar-refractivity contribution < 1.29 is 42.8 Å². The second-order valence-corrected chi connectivity index (χ2v) is 6.98. The van der Waals surface area contributed by atoms with E-state index in [-0.39, 0.29) is 28.6 Å². The number of halogens is 3. The van der Waals surface area contributed by atoms with Gasteiger partial charge in [0.25, 0.3) is 5.56 Å². The van der Waals surface area contributed by atoms with Gasteiger partial charge in [0.2, 0.25) is 0 Å². The van der Waals surface area contributed by atoms with Gasteiger partial charge in [0, 0.05) is 11.1 Å². The number of aliphatic hydroxyl groups is 4. The Morgan fingerprint density at radius 3 is 2.44 bits per heavy atom. The molecule has 0 amide bonds. The average molecular weight is 456 g/mol. The summed E-state index contributed by atoms with van der Waals surface area (Å²) >= 11 is 0. The monoisotopic (exact) mass is 456 g/mol. The average Bonchev–Trinajstić information content (AvgIpc) is 3.28. The van der Waals surface area contributed by atoms with Crippen LogP contribution in [0.1, 0.15) is 5.56 Å². The fourth-order valence-corrected chi connectivity index (χ4v) is 3.28. The Labute approximate surface area is 177 Å². The molecule has 0 bridgehead atoms. The first-order valence-electron chi connectivity index (χ1n) is 9.26. The maximum atomic E-state index is 13.9. The number of carbonyl (C=O) groups is 1. The van der Waals surface area contributed by atoms with Gasteiger partial charge in [0.05, 0.1) is 29.5 Å². The minimum Gasteiger partial charge on any atom is -0.464 e. The van der Waals surface area contributed by atoms with E-state index in [0.29, 0.717) is 0 Å². The van der Waals surface area contributed by atoms with Crippen LogP contribution in [0.3, 0.4) is 0 Å². The van der Waals surface area contributed by atoms with Gasteiger partial charge in [-0.1, -0.05) is 6.07 Å². The number of aliphatic hydroxyl groups excluding tert-OH is 4. The number of hydrogen-bond acceptors (Lipinski definition) is 8. The van der Waals surface area contributed by atoms with Gasteiger partial charge in [0.1, 0.15) is 36.4 Å². The maximum absolute atomic E-state index is 13.9. The topological polar surface area (TPSA) is 156 Å². The molecule has 0 aliphatic heterocycles. The van der Waals surface area contributed by atoms with Crippen LogP contribution in [0.15, 0.2) is 45.8 Å². The van der Waals surface area contributed by atoms with Crippen molar-refractivity contribution in [3.05, 3.63) is 52.5 Å². The van der Waals surface area contributed by atoms with E-state index in [0.717, 1.165) is 18.4 Å². The summed E-state index contributed by atoms with van der Waals surface area (Å²) in [6.45, 7) is -0.876. The molecule has 6 N–H and O–H groups in total. The zero-order valence-corrected chi connectivity index (χ0v) is 16.2. The lowest BCUT2D eigenvalue weighted by Crippen LogP contribution is -2.49. The van der Waals surface area contributed by atoms with Crippen molar-refractivity contribution in [1.29, 1.82) is 0 Å². The van der Waals surface area contributed by atoms with Crippen LogP contribution in [0.2, 0.25) is 0 Å². The minimum atomic E-state index is -4.89. The predicted molar refractivity (Wildman–Crippen MR) is 106 cm³/mol. The number of aromatic amines is 1. The number of hydrogen-bond donors (Lipinski definition) is 6. The van der Waals surface area contributed by atoms with Crippen molar-refractivity contribution in [1.82, 2.24) is 4.98 Å². The summed E-state index contributed by atoms with van der Waals surface area (Å²) < 4.78 is 46.6. The number of pyridine rings is 1. The summed E-state index contributed by atoms with van der Waals surface area (Å²) in [4.78, 5) is 26.2. The van der Waals surface area contributed by atoms with Crippen LogP contribution < -0.4 is 10.9 Å². The van der Waals surface area contributed by atoms with Gasteiger partial charge in [-0.3, -0.25) is 4.79 Å². The number of carbonyl (C=O) groups excluding carboxylic acids is 1. The molecule has 0 saturated carbocycles. The van der Waals surface area contributed by atoms with E-state index in [4.69, 9.17) is 9.52 Å². The van der Waals surface area contributed by atoms with Gasteiger partial charge in [-0.05, 0) is 24.3 Å². The lowest BCUT2D eigenvalue weighted by atomic mass is 9.99. The Morgan fingerprint density at radius 1 is 1.16 bits per heavy atom. The number of fused-ring (bicyclic) bond motifs is 1. The first-order chi connectivity index (χ1) is 15.1. The van der Waals surface area contributed by atoms with Gasteiger partial charge >= 0.3 is 6.18 Å². The summed E-state index contributed by atoms with van der Waals surface area (Å²) in [5, 5.41) is 40.3. The van der Waals surface area contributed by atoms with E-state index in [1.807, 2.05) is 0 Å². The van der Waals surface area contributed by atoms with Gasteiger partial charge in [0.15, 0.2) is 0 Å². The Bertz CT molecular complexity index is 1140. The molecule has 0 aliphatic rings.